The summed E-state index contributed by atoms with van der Waals surface area (Å²) < 4.78 is 11.1. The highest BCUT2D eigenvalue weighted by atomic mass is 17.3. The number of carbonyl (C=O) groups is 2. The summed E-state index contributed by atoms with van der Waals surface area (Å²) in [4.78, 5) is 44.5. The Morgan fingerprint density at radius 1 is 0.697 bits per heavy atom. The second kappa shape index (κ2) is 13.4. The van der Waals surface area contributed by atoms with E-state index in [2.05, 4.69) is 0 Å². The summed E-state index contributed by atoms with van der Waals surface area (Å²) in [7, 11) is 0. The van der Waals surface area contributed by atoms with Gasteiger partial charge in [0.25, 0.3) is 0 Å². The van der Waals surface area contributed by atoms with Crippen LogP contribution in [0.25, 0.3) is 0 Å². The molecular formula is C25H32O8. The summed E-state index contributed by atoms with van der Waals surface area (Å²) in [5.41, 5.74) is 0.557. The molecule has 0 spiro atoms. The molecule has 0 N–H and O–H groups in total. The molecular weight excluding hydrogens is 428 g/mol. The number of hydrogen-bond acceptors (Lipinski definition) is 8. The largest absolute Gasteiger partial charge is 0.491 e. The summed E-state index contributed by atoms with van der Waals surface area (Å²) in [5, 5.41) is 0. The molecule has 8 heteroatoms. The van der Waals surface area contributed by atoms with Crippen LogP contribution in [-0.2, 0) is 19.6 Å². The number of hydrogen-bond donors (Lipinski definition) is 0. The van der Waals surface area contributed by atoms with E-state index in [1.54, 1.807) is 48.5 Å². The second-order valence-corrected chi connectivity index (χ2v) is 7.89. The normalized spacial score (nSPS) is 11.0. The first kappa shape index (κ1) is 26.2. The van der Waals surface area contributed by atoms with Gasteiger partial charge in [-0.1, -0.05) is 13.3 Å². The van der Waals surface area contributed by atoms with Crippen molar-refractivity contribution < 1.29 is 38.6 Å². The molecule has 0 aliphatic heterocycles. The van der Waals surface area contributed by atoms with Crippen molar-refractivity contribution in [2.75, 3.05) is 0 Å². The van der Waals surface area contributed by atoms with Gasteiger partial charge in [0.05, 0.1) is 23.3 Å². The quantitative estimate of drug-likeness (QED) is 0.215. The predicted molar refractivity (Wildman–Crippen MR) is 121 cm³/mol. The van der Waals surface area contributed by atoms with Gasteiger partial charge in [-0.15, -0.1) is 9.78 Å². The molecule has 0 aliphatic carbocycles. The van der Waals surface area contributed by atoms with Crippen LogP contribution in [0.2, 0.25) is 0 Å². The standard InChI is InChI=1S/C25H32O8/c1-6-7-8-23(30-32-24(26)19-9-13-21(14-10-19)28-17(2)3)31-33-25(27)20-11-15-22(16-12-20)29-18(4)5/h9-18,23H,6-8H2,1-5H3. The smallest absolute Gasteiger partial charge is 0.373 e. The van der Waals surface area contributed by atoms with E-state index in [1.807, 2.05) is 34.6 Å². The first-order chi connectivity index (χ1) is 15.8. The molecule has 0 radical (unpaired) electrons. The zero-order chi connectivity index (χ0) is 24.2. The Kier molecular flexibility index (Phi) is 10.7. The summed E-state index contributed by atoms with van der Waals surface area (Å²) in [6.45, 7) is 9.63. The van der Waals surface area contributed by atoms with Crippen LogP contribution >= 0.6 is 0 Å². The van der Waals surface area contributed by atoms with Crippen molar-refractivity contribution in [2.24, 2.45) is 0 Å². The topological polar surface area (TPSA) is 89.5 Å². The van der Waals surface area contributed by atoms with E-state index in [4.69, 9.17) is 29.0 Å². The third kappa shape index (κ3) is 9.51. The number of rotatable bonds is 13. The summed E-state index contributed by atoms with van der Waals surface area (Å²) in [6, 6.07) is 12.9. The average Bonchev–Trinajstić information content (AvgIpc) is 2.78. The molecule has 180 valence electrons. The maximum absolute atomic E-state index is 12.3. The van der Waals surface area contributed by atoms with E-state index in [1.165, 1.54) is 0 Å². The molecule has 0 aliphatic rings. The average molecular weight is 461 g/mol. The first-order valence-electron chi connectivity index (χ1n) is 11.1. The Labute approximate surface area is 194 Å². The SMILES string of the molecule is CCCCC(OOC(=O)c1ccc(OC(C)C)cc1)OOC(=O)c1ccc(OC(C)C)cc1. The van der Waals surface area contributed by atoms with Crippen molar-refractivity contribution in [3.05, 3.63) is 59.7 Å². The lowest BCUT2D eigenvalue weighted by Crippen LogP contribution is -2.22. The highest BCUT2D eigenvalue weighted by Crippen LogP contribution is 2.17. The Morgan fingerprint density at radius 3 is 1.42 bits per heavy atom. The lowest BCUT2D eigenvalue weighted by atomic mass is 10.2. The molecule has 0 amide bonds. The van der Waals surface area contributed by atoms with Gasteiger partial charge >= 0.3 is 11.9 Å². The third-order valence-corrected chi connectivity index (χ3v) is 4.18. The van der Waals surface area contributed by atoms with Gasteiger partial charge in [-0.25, -0.2) is 9.59 Å². The van der Waals surface area contributed by atoms with Crippen LogP contribution in [0.4, 0.5) is 0 Å². The Bertz CT molecular complexity index is 789. The molecule has 0 saturated carbocycles. The van der Waals surface area contributed by atoms with Crippen molar-refractivity contribution in [3.63, 3.8) is 0 Å². The molecule has 8 nitrogen and oxygen atoms in total. The van der Waals surface area contributed by atoms with Gasteiger partial charge in [0.15, 0.2) is 0 Å². The van der Waals surface area contributed by atoms with Crippen molar-refractivity contribution in [1.29, 1.82) is 0 Å². The van der Waals surface area contributed by atoms with Crippen LogP contribution in [0.15, 0.2) is 48.5 Å². The summed E-state index contributed by atoms with van der Waals surface area (Å²) in [6.07, 6.45) is 0.902. The van der Waals surface area contributed by atoms with Gasteiger partial charge < -0.3 is 9.47 Å². The summed E-state index contributed by atoms with van der Waals surface area (Å²) >= 11 is 0. The van der Waals surface area contributed by atoms with Gasteiger partial charge in [-0.2, -0.15) is 0 Å². The molecule has 0 heterocycles. The fourth-order valence-electron chi connectivity index (χ4n) is 2.66. The fraction of sp³-hybridized carbons (Fsp3) is 0.440. The minimum absolute atomic E-state index is 0.0247. The predicted octanol–water partition coefficient (Wildman–Crippen LogP) is 5.65. The molecule has 0 atom stereocenters. The number of benzene rings is 2. The maximum Gasteiger partial charge on any atom is 0.373 e. The summed E-state index contributed by atoms with van der Waals surface area (Å²) in [5.74, 6) is -0.129. The zero-order valence-electron chi connectivity index (χ0n) is 19.7. The number of unbranched alkanes of at least 4 members (excludes halogenated alkanes) is 1. The van der Waals surface area contributed by atoms with Gasteiger partial charge in [0, 0.05) is 6.42 Å². The highest BCUT2D eigenvalue weighted by molar-refractivity contribution is 5.89. The number of ether oxygens (including phenoxy) is 2. The molecule has 0 bridgehead atoms. The number of carbonyl (C=O) groups excluding carboxylic acids is 2. The molecule has 2 rings (SSSR count). The van der Waals surface area contributed by atoms with E-state index in [0.717, 1.165) is 6.42 Å². The van der Waals surface area contributed by atoms with E-state index >= 15 is 0 Å². The molecule has 33 heavy (non-hydrogen) atoms. The third-order valence-electron chi connectivity index (χ3n) is 4.18. The Morgan fingerprint density at radius 2 is 1.09 bits per heavy atom. The van der Waals surface area contributed by atoms with Crippen LogP contribution < -0.4 is 9.47 Å². The van der Waals surface area contributed by atoms with E-state index in [9.17, 15) is 9.59 Å². The van der Waals surface area contributed by atoms with Crippen LogP contribution in [-0.4, -0.2) is 30.4 Å². The molecule has 2 aromatic rings. The minimum atomic E-state index is -1.06. The van der Waals surface area contributed by atoms with Crippen LogP contribution in [0, 0.1) is 0 Å². The van der Waals surface area contributed by atoms with Crippen molar-refractivity contribution in [2.45, 2.75) is 72.4 Å². The molecule has 0 aromatic heterocycles. The van der Waals surface area contributed by atoms with Crippen molar-refractivity contribution >= 4 is 11.9 Å². The minimum Gasteiger partial charge on any atom is -0.491 e. The molecule has 0 fully saturated rings. The fourth-order valence-corrected chi connectivity index (χ4v) is 2.66. The highest BCUT2D eigenvalue weighted by Gasteiger charge is 2.19. The van der Waals surface area contributed by atoms with Gasteiger partial charge in [0.2, 0.25) is 6.29 Å². The molecule has 0 saturated heterocycles. The van der Waals surface area contributed by atoms with Crippen LogP contribution in [0.5, 0.6) is 11.5 Å². The van der Waals surface area contributed by atoms with Crippen LogP contribution in [0.1, 0.15) is 74.6 Å². The van der Waals surface area contributed by atoms with E-state index in [-0.39, 0.29) is 23.3 Å². The molecule has 0 unspecified atom stereocenters. The Balaban J connectivity index is 1.88. The maximum atomic E-state index is 12.3. The second-order valence-electron chi connectivity index (χ2n) is 7.89. The monoisotopic (exact) mass is 460 g/mol. The van der Waals surface area contributed by atoms with E-state index < -0.39 is 18.2 Å². The van der Waals surface area contributed by atoms with Gasteiger partial charge in [0.1, 0.15) is 11.5 Å². The van der Waals surface area contributed by atoms with Gasteiger partial charge in [-0.05, 0) is 82.6 Å². The lowest BCUT2D eigenvalue weighted by molar-refractivity contribution is -0.421. The van der Waals surface area contributed by atoms with Crippen LogP contribution in [0.3, 0.4) is 0 Å². The van der Waals surface area contributed by atoms with Crippen molar-refractivity contribution in [1.82, 2.24) is 0 Å². The van der Waals surface area contributed by atoms with Crippen molar-refractivity contribution in [3.8, 4) is 11.5 Å². The Hall–Kier alpha value is -3.10. The van der Waals surface area contributed by atoms with Gasteiger partial charge in [-0.3, -0.25) is 9.78 Å². The first-order valence-corrected chi connectivity index (χ1v) is 11.1. The lowest BCUT2D eigenvalue weighted by Gasteiger charge is -2.15. The zero-order valence-corrected chi connectivity index (χ0v) is 19.7. The van der Waals surface area contributed by atoms with E-state index in [0.29, 0.717) is 24.3 Å². The molecule has 2 aromatic carbocycles.